The van der Waals surface area contributed by atoms with Gasteiger partial charge in [-0.15, -0.1) is 0 Å². The number of piperazine rings is 1. The summed E-state index contributed by atoms with van der Waals surface area (Å²) >= 11 is 0. The monoisotopic (exact) mass is 294 g/mol. The van der Waals surface area contributed by atoms with Crippen molar-refractivity contribution in [1.29, 1.82) is 0 Å². The van der Waals surface area contributed by atoms with Gasteiger partial charge in [0.05, 0.1) is 0 Å². The van der Waals surface area contributed by atoms with Crippen LogP contribution < -0.4 is 5.32 Å². The van der Waals surface area contributed by atoms with Crippen LogP contribution in [0.1, 0.15) is 65.7 Å². The zero-order valence-corrected chi connectivity index (χ0v) is 13.7. The maximum Gasteiger partial charge on any atom is 0.246 e. The third-order valence-corrected chi connectivity index (χ3v) is 5.38. The Hall–Kier alpha value is -1.06. The van der Waals surface area contributed by atoms with E-state index in [1.807, 2.05) is 18.7 Å². The maximum absolute atomic E-state index is 12.8. The maximum atomic E-state index is 12.8. The highest BCUT2D eigenvalue weighted by atomic mass is 16.2. The van der Waals surface area contributed by atoms with Crippen molar-refractivity contribution in [3.05, 3.63) is 0 Å². The fourth-order valence-corrected chi connectivity index (χ4v) is 3.70. The molecule has 0 bridgehead atoms. The minimum absolute atomic E-state index is 0.0359. The predicted octanol–water partition coefficient (Wildman–Crippen LogP) is 2.72. The van der Waals surface area contributed by atoms with Crippen LogP contribution in [-0.2, 0) is 9.59 Å². The molecule has 4 nitrogen and oxygen atoms in total. The van der Waals surface area contributed by atoms with Crippen LogP contribution in [0.5, 0.6) is 0 Å². The summed E-state index contributed by atoms with van der Waals surface area (Å²) in [6.45, 7) is 6.86. The molecule has 0 aromatic rings. The molecule has 1 aliphatic carbocycles. The van der Waals surface area contributed by atoms with Gasteiger partial charge in [0.1, 0.15) is 12.1 Å². The highest BCUT2D eigenvalue weighted by Crippen LogP contribution is 2.29. The summed E-state index contributed by atoms with van der Waals surface area (Å²) in [7, 11) is 0. The molecule has 21 heavy (non-hydrogen) atoms. The second-order valence-corrected chi connectivity index (χ2v) is 6.77. The molecule has 1 heterocycles. The molecule has 1 saturated heterocycles. The van der Waals surface area contributed by atoms with E-state index in [2.05, 4.69) is 12.2 Å². The van der Waals surface area contributed by atoms with Crippen LogP contribution in [0.25, 0.3) is 0 Å². The SMILES string of the molecule is CCC(C)C1NC(=O)C(CC)N(CCC2CCCC2)C1=O. The van der Waals surface area contributed by atoms with Gasteiger partial charge in [-0.05, 0) is 24.7 Å². The molecule has 0 radical (unpaired) electrons. The van der Waals surface area contributed by atoms with Gasteiger partial charge >= 0.3 is 0 Å². The van der Waals surface area contributed by atoms with Crippen LogP contribution >= 0.6 is 0 Å². The Bertz CT molecular complexity index is 377. The zero-order valence-electron chi connectivity index (χ0n) is 13.7. The standard InChI is InChI=1S/C17H30N2O2/c1-4-12(3)15-17(21)19(14(5-2)16(20)18-15)11-10-13-8-6-7-9-13/h12-15H,4-11H2,1-3H3,(H,18,20). The van der Waals surface area contributed by atoms with Gasteiger partial charge < -0.3 is 10.2 Å². The first-order valence-corrected chi connectivity index (χ1v) is 8.69. The third-order valence-electron chi connectivity index (χ3n) is 5.38. The van der Waals surface area contributed by atoms with E-state index in [4.69, 9.17) is 0 Å². The Morgan fingerprint density at radius 3 is 2.48 bits per heavy atom. The number of carbonyl (C=O) groups excluding carboxylic acids is 2. The second-order valence-electron chi connectivity index (χ2n) is 6.77. The fraction of sp³-hybridized carbons (Fsp3) is 0.882. The van der Waals surface area contributed by atoms with Gasteiger partial charge in [0.25, 0.3) is 0 Å². The summed E-state index contributed by atoms with van der Waals surface area (Å²) in [5.74, 6) is 1.12. The highest BCUT2D eigenvalue weighted by Gasteiger charge is 2.41. The largest absolute Gasteiger partial charge is 0.342 e. The molecule has 4 heteroatoms. The van der Waals surface area contributed by atoms with E-state index in [0.717, 1.165) is 25.3 Å². The summed E-state index contributed by atoms with van der Waals surface area (Å²) in [5, 5.41) is 2.95. The van der Waals surface area contributed by atoms with E-state index in [9.17, 15) is 9.59 Å². The van der Waals surface area contributed by atoms with Gasteiger partial charge in [0, 0.05) is 6.54 Å². The van der Waals surface area contributed by atoms with Crippen LogP contribution in [-0.4, -0.2) is 35.3 Å². The number of amides is 2. The lowest BCUT2D eigenvalue weighted by Crippen LogP contribution is -2.64. The fourth-order valence-electron chi connectivity index (χ4n) is 3.70. The number of hydrogen-bond acceptors (Lipinski definition) is 2. The molecule has 2 amide bonds. The zero-order chi connectivity index (χ0) is 15.4. The molecule has 0 aromatic heterocycles. The Morgan fingerprint density at radius 1 is 1.24 bits per heavy atom. The van der Waals surface area contributed by atoms with Crippen molar-refractivity contribution in [2.75, 3.05) is 6.54 Å². The van der Waals surface area contributed by atoms with Crippen molar-refractivity contribution >= 4 is 11.8 Å². The number of nitrogens with one attached hydrogen (secondary N) is 1. The van der Waals surface area contributed by atoms with E-state index in [-0.39, 0.29) is 29.8 Å². The van der Waals surface area contributed by atoms with Gasteiger partial charge in [-0.25, -0.2) is 0 Å². The molecule has 1 saturated carbocycles. The van der Waals surface area contributed by atoms with E-state index in [0.29, 0.717) is 6.42 Å². The molecule has 0 spiro atoms. The van der Waals surface area contributed by atoms with E-state index in [1.165, 1.54) is 25.7 Å². The van der Waals surface area contributed by atoms with Gasteiger partial charge in [-0.3, -0.25) is 9.59 Å². The average molecular weight is 294 g/mol. The quantitative estimate of drug-likeness (QED) is 0.819. The summed E-state index contributed by atoms with van der Waals surface area (Å²) in [5.41, 5.74) is 0. The van der Waals surface area contributed by atoms with Crippen LogP contribution in [0.3, 0.4) is 0 Å². The minimum atomic E-state index is -0.325. The van der Waals surface area contributed by atoms with Crippen LogP contribution in [0.4, 0.5) is 0 Å². The van der Waals surface area contributed by atoms with Crippen molar-refractivity contribution in [3.63, 3.8) is 0 Å². The molecule has 2 aliphatic rings. The van der Waals surface area contributed by atoms with Crippen LogP contribution in [0.2, 0.25) is 0 Å². The lowest BCUT2D eigenvalue weighted by molar-refractivity contribution is -0.151. The van der Waals surface area contributed by atoms with Crippen molar-refractivity contribution in [2.24, 2.45) is 11.8 Å². The van der Waals surface area contributed by atoms with E-state index >= 15 is 0 Å². The first kappa shape index (κ1) is 16.3. The number of rotatable bonds is 6. The predicted molar refractivity (Wildman–Crippen MR) is 83.8 cm³/mol. The van der Waals surface area contributed by atoms with Crippen molar-refractivity contribution in [2.45, 2.75) is 77.8 Å². The molecule has 3 atom stereocenters. The summed E-state index contributed by atoms with van der Waals surface area (Å²) < 4.78 is 0. The molecule has 1 aliphatic heterocycles. The van der Waals surface area contributed by atoms with Crippen molar-refractivity contribution in [1.82, 2.24) is 10.2 Å². The first-order chi connectivity index (χ1) is 10.1. The Labute approximate surface area is 128 Å². The third kappa shape index (κ3) is 3.58. The average Bonchev–Trinajstić information content (AvgIpc) is 3.00. The minimum Gasteiger partial charge on any atom is -0.342 e. The molecule has 3 unspecified atom stereocenters. The number of nitrogens with zero attached hydrogens (tertiary/aromatic N) is 1. The number of carbonyl (C=O) groups is 2. The van der Waals surface area contributed by atoms with Crippen molar-refractivity contribution < 1.29 is 9.59 Å². The summed E-state index contributed by atoms with van der Waals surface area (Å²) in [4.78, 5) is 26.9. The van der Waals surface area contributed by atoms with E-state index in [1.54, 1.807) is 0 Å². The second kappa shape index (κ2) is 7.28. The first-order valence-electron chi connectivity index (χ1n) is 8.69. The number of hydrogen-bond donors (Lipinski definition) is 1. The molecule has 1 N–H and O–H groups in total. The van der Waals surface area contributed by atoms with E-state index < -0.39 is 0 Å². The molecule has 0 aromatic carbocycles. The van der Waals surface area contributed by atoms with Crippen molar-refractivity contribution in [3.8, 4) is 0 Å². The molecular formula is C17H30N2O2. The van der Waals surface area contributed by atoms with Gasteiger partial charge in [0.15, 0.2) is 0 Å². The lowest BCUT2D eigenvalue weighted by Gasteiger charge is -2.41. The summed E-state index contributed by atoms with van der Waals surface area (Å²) in [6, 6.07) is -0.590. The molecule has 2 rings (SSSR count). The van der Waals surface area contributed by atoms with Crippen LogP contribution in [0.15, 0.2) is 0 Å². The lowest BCUT2D eigenvalue weighted by atomic mass is 9.93. The molecule has 2 fully saturated rings. The van der Waals surface area contributed by atoms with Crippen LogP contribution in [0, 0.1) is 11.8 Å². The van der Waals surface area contributed by atoms with Gasteiger partial charge in [-0.1, -0.05) is 52.9 Å². The Balaban J connectivity index is 2.04. The topological polar surface area (TPSA) is 49.4 Å². The highest BCUT2D eigenvalue weighted by molar-refractivity contribution is 5.97. The Morgan fingerprint density at radius 2 is 1.90 bits per heavy atom. The normalized spacial score (nSPS) is 28.8. The Kier molecular flexibility index (Phi) is 5.65. The summed E-state index contributed by atoms with van der Waals surface area (Å²) in [6.07, 6.45) is 7.90. The smallest absolute Gasteiger partial charge is 0.246 e. The van der Waals surface area contributed by atoms with Gasteiger partial charge in [0.2, 0.25) is 11.8 Å². The van der Waals surface area contributed by atoms with Gasteiger partial charge in [-0.2, -0.15) is 0 Å². The molecular weight excluding hydrogens is 264 g/mol. The molecule has 120 valence electrons.